The van der Waals surface area contributed by atoms with Crippen LogP contribution in [0.4, 0.5) is 0 Å². The molecule has 0 aromatic carbocycles. The van der Waals surface area contributed by atoms with Gasteiger partial charge in [0.05, 0.1) is 17.1 Å². The number of nitrogens with one attached hydrogen (secondary N) is 1. The van der Waals surface area contributed by atoms with E-state index in [4.69, 9.17) is 5.84 Å². The van der Waals surface area contributed by atoms with E-state index in [-0.39, 0.29) is 6.04 Å². The first kappa shape index (κ1) is 9.05. The van der Waals surface area contributed by atoms with E-state index in [1.807, 2.05) is 6.20 Å². The summed E-state index contributed by atoms with van der Waals surface area (Å²) in [4.78, 5) is 1.16. The van der Waals surface area contributed by atoms with Gasteiger partial charge in [-0.15, -0.1) is 5.10 Å². The first-order valence-corrected chi connectivity index (χ1v) is 5.42. The molecule has 1 aliphatic carbocycles. The summed E-state index contributed by atoms with van der Waals surface area (Å²) in [5.74, 6) is 6.22. The first-order chi connectivity index (χ1) is 6.42. The van der Waals surface area contributed by atoms with E-state index in [0.717, 1.165) is 4.88 Å². The van der Waals surface area contributed by atoms with Crippen molar-refractivity contribution >= 4 is 11.5 Å². The fraction of sp³-hybridized carbons (Fsp3) is 0.750. The maximum Gasteiger partial charge on any atom is 0.0669 e. The molecule has 0 bridgehead atoms. The predicted octanol–water partition coefficient (Wildman–Crippen LogP) is 1.23. The van der Waals surface area contributed by atoms with Gasteiger partial charge in [0.15, 0.2) is 0 Å². The lowest BCUT2D eigenvalue weighted by atomic mass is 9.98. The van der Waals surface area contributed by atoms with Crippen molar-refractivity contribution in [2.75, 3.05) is 0 Å². The second-order valence-corrected chi connectivity index (χ2v) is 4.33. The van der Waals surface area contributed by atoms with Crippen LogP contribution in [0, 0.1) is 5.92 Å². The van der Waals surface area contributed by atoms with Crippen molar-refractivity contribution in [3.63, 3.8) is 0 Å². The highest BCUT2D eigenvalue weighted by Crippen LogP contribution is 2.35. The molecule has 13 heavy (non-hydrogen) atoms. The zero-order valence-corrected chi connectivity index (χ0v) is 8.26. The molecule has 1 saturated carbocycles. The van der Waals surface area contributed by atoms with E-state index in [9.17, 15) is 0 Å². The molecule has 1 aromatic heterocycles. The number of hydrazine groups is 1. The van der Waals surface area contributed by atoms with Gasteiger partial charge in [-0.1, -0.05) is 17.3 Å². The normalized spacial score (nSPS) is 20.7. The molecule has 0 aliphatic heterocycles. The van der Waals surface area contributed by atoms with Gasteiger partial charge in [-0.05, 0) is 30.3 Å². The standard InChI is InChI=1S/C8H14N4S/c9-11-8(6-3-1-2-4-6)7-5-10-12-13-7/h5-6,8,11H,1-4,9H2. The number of aromatic nitrogens is 2. The highest BCUT2D eigenvalue weighted by molar-refractivity contribution is 7.05. The first-order valence-electron chi connectivity index (χ1n) is 4.65. The molecule has 2 rings (SSSR count). The fourth-order valence-corrected chi connectivity index (χ4v) is 2.71. The average Bonchev–Trinajstić information content (AvgIpc) is 2.76. The van der Waals surface area contributed by atoms with Crippen LogP contribution in [0.5, 0.6) is 0 Å². The summed E-state index contributed by atoms with van der Waals surface area (Å²) in [6.07, 6.45) is 7.01. The highest BCUT2D eigenvalue weighted by atomic mass is 32.1. The van der Waals surface area contributed by atoms with Crippen molar-refractivity contribution in [2.45, 2.75) is 31.7 Å². The van der Waals surface area contributed by atoms with Crippen LogP contribution in [0.2, 0.25) is 0 Å². The molecule has 1 unspecified atom stereocenters. The van der Waals surface area contributed by atoms with E-state index < -0.39 is 0 Å². The minimum absolute atomic E-state index is 0.266. The lowest BCUT2D eigenvalue weighted by Gasteiger charge is -2.19. The van der Waals surface area contributed by atoms with E-state index in [0.29, 0.717) is 5.92 Å². The third-order valence-electron chi connectivity index (χ3n) is 2.74. The summed E-state index contributed by atoms with van der Waals surface area (Å²) < 4.78 is 3.86. The van der Waals surface area contributed by atoms with Gasteiger partial charge in [0.2, 0.25) is 0 Å². The van der Waals surface area contributed by atoms with E-state index >= 15 is 0 Å². The Kier molecular flexibility index (Phi) is 2.87. The second-order valence-electron chi connectivity index (χ2n) is 3.51. The van der Waals surface area contributed by atoms with Gasteiger partial charge in [-0.3, -0.25) is 11.3 Å². The minimum atomic E-state index is 0.266. The van der Waals surface area contributed by atoms with E-state index in [2.05, 4.69) is 15.0 Å². The molecule has 72 valence electrons. The van der Waals surface area contributed by atoms with Gasteiger partial charge in [0.25, 0.3) is 0 Å². The molecule has 4 nitrogen and oxygen atoms in total. The molecule has 1 atom stereocenters. The van der Waals surface area contributed by atoms with Gasteiger partial charge in [-0.2, -0.15) is 0 Å². The molecule has 1 aliphatic rings. The Bertz CT molecular complexity index is 243. The molecular formula is C8H14N4S. The van der Waals surface area contributed by atoms with Crippen molar-refractivity contribution in [3.05, 3.63) is 11.1 Å². The summed E-state index contributed by atoms with van der Waals surface area (Å²) in [5, 5.41) is 3.84. The van der Waals surface area contributed by atoms with Gasteiger partial charge in [0.1, 0.15) is 0 Å². The van der Waals surface area contributed by atoms with Gasteiger partial charge >= 0.3 is 0 Å². The predicted molar refractivity (Wildman–Crippen MR) is 51.9 cm³/mol. The number of nitrogens with zero attached hydrogens (tertiary/aromatic N) is 2. The molecular weight excluding hydrogens is 184 g/mol. The quantitative estimate of drug-likeness (QED) is 0.566. The van der Waals surface area contributed by atoms with Crippen LogP contribution in [0.3, 0.4) is 0 Å². The molecule has 5 heteroatoms. The van der Waals surface area contributed by atoms with Crippen molar-refractivity contribution in [1.82, 2.24) is 15.0 Å². The van der Waals surface area contributed by atoms with Crippen LogP contribution < -0.4 is 11.3 Å². The third-order valence-corrected chi connectivity index (χ3v) is 3.48. The molecule has 0 saturated heterocycles. The van der Waals surface area contributed by atoms with Crippen molar-refractivity contribution in [3.8, 4) is 0 Å². The monoisotopic (exact) mass is 198 g/mol. The Labute approximate surface area is 81.7 Å². The van der Waals surface area contributed by atoms with Crippen molar-refractivity contribution in [1.29, 1.82) is 0 Å². The SMILES string of the molecule is NNC(c1cnns1)C1CCCC1. The maximum atomic E-state index is 5.54. The Morgan fingerprint density at radius 3 is 2.85 bits per heavy atom. The van der Waals surface area contributed by atoms with Crippen LogP contribution in [0.15, 0.2) is 6.20 Å². The zero-order valence-electron chi connectivity index (χ0n) is 7.44. The summed E-state index contributed by atoms with van der Waals surface area (Å²) in [5.41, 5.74) is 2.88. The molecule has 1 fully saturated rings. The van der Waals surface area contributed by atoms with Crippen LogP contribution in [0.25, 0.3) is 0 Å². The van der Waals surface area contributed by atoms with Gasteiger partial charge < -0.3 is 0 Å². The summed E-state index contributed by atoms with van der Waals surface area (Å²) in [6.45, 7) is 0. The smallest absolute Gasteiger partial charge is 0.0669 e. The molecule has 0 radical (unpaired) electrons. The topological polar surface area (TPSA) is 63.8 Å². The van der Waals surface area contributed by atoms with Gasteiger partial charge in [-0.25, -0.2) is 0 Å². The lowest BCUT2D eigenvalue weighted by molar-refractivity contribution is 0.378. The van der Waals surface area contributed by atoms with E-state index in [1.165, 1.54) is 37.2 Å². The second kappa shape index (κ2) is 4.13. The fourth-order valence-electron chi connectivity index (χ4n) is 2.05. The molecule has 0 spiro atoms. The van der Waals surface area contributed by atoms with Crippen molar-refractivity contribution < 1.29 is 0 Å². The molecule has 0 amide bonds. The van der Waals surface area contributed by atoms with Crippen LogP contribution in [0.1, 0.15) is 36.6 Å². The Morgan fingerprint density at radius 1 is 1.54 bits per heavy atom. The minimum Gasteiger partial charge on any atom is -0.271 e. The van der Waals surface area contributed by atoms with Crippen LogP contribution in [-0.4, -0.2) is 9.59 Å². The third kappa shape index (κ3) is 1.87. The highest BCUT2D eigenvalue weighted by Gasteiger charge is 2.26. The number of rotatable bonds is 3. The summed E-state index contributed by atoms with van der Waals surface area (Å²) in [7, 11) is 0. The molecule has 3 N–H and O–H groups in total. The Hall–Kier alpha value is -0.520. The lowest BCUT2D eigenvalue weighted by Crippen LogP contribution is -2.32. The number of nitrogens with two attached hydrogens (primary N) is 1. The van der Waals surface area contributed by atoms with E-state index in [1.54, 1.807) is 0 Å². The van der Waals surface area contributed by atoms with Crippen molar-refractivity contribution in [2.24, 2.45) is 11.8 Å². The largest absolute Gasteiger partial charge is 0.271 e. The summed E-state index contributed by atoms with van der Waals surface area (Å²) >= 11 is 1.44. The molecule has 1 heterocycles. The Balaban J connectivity index is 2.08. The van der Waals surface area contributed by atoms with Crippen LogP contribution >= 0.6 is 11.5 Å². The Morgan fingerprint density at radius 2 is 2.31 bits per heavy atom. The zero-order chi connectivity index (χ0) is 9.10. The number of hydrogen-bond donors (Lipinski definition) is 2. The summed E-state index contributed by atoms with van der Waals surface area (Å²) in [6, 6.07) is 0.266. The average molecular weight is 198 g/mol. The van der Waals surface area contributed by atoms with Crippen LogP contribution in [-0.2, 0) is 0 Å². The maximum absolute atomic E-state index is 5.54. The number of hydrogen-bond acceptors (Lipinski definition) is 5. The van der Waals surface area contributed by atoms with Gasteiger partial charge in [0, 0.05) is 0 Å². The molecule has 1 aromatic rings.